The van der Waals surface area contributed by atoms with E-state index >= 15 is 0 Å². The van der Waals surface area contributed by atoms with Gasteiger partial charge in [-0.15, -0.1) is 11.3 Å². The average Bonchev–Trinajstić information content (AvgIpc) is 3.55. The van der Waals surface area contributed by atoms with Gasteiger partial charge in [-0.25, -0.2) is 4.98 Å². The van der Waals surface area contributed by atoms with E-state index in [1.54, 1.807) is 45.8 Å². The average molecular weight is 487 g/mol. The Labute approximate surface area is 205 Å². The summed E-state index contributed by atoms with van der Waals surface area (Å²) in [5.41, 5.74) is 3.45. The van der Waals surface area contributed by atoms with Gasteiger partial charge in [-0.05, 0) is 25.1 Å². The number of carbonyl (C=O) groups excluding carboxylic acids is 2. The van der Waals surface area contributed by atoms with E-state index in [0.29, 0.717) is 34.9 Å². The van der Waals surface area contributed by atoms with Gasteiger partial charge in [0.15, 0.2) is 5.66 Å². The van der Waals surface area contributed by atoms with E-state index in [0.717, 1.165) is 21.7 Å². The van der Waals surface area contributed by atoms with Crippen LogP contribution in [0.3, 0.4) is 0 Å². The van der Waals surface area contributed by atoms with Crippen molar-refractivity contribution in [1.29, 1.82) is 0 Å². The standard InChI is InChI=1S/C26H19ClN4O2S/c1-16-2-4-17(5-3-16)23-29-22(15-34-23)25(33)31-13-12-30-24(32)20-10-11-28-14-21(20)26(30,31)18-6-8-19(27)9-7-18/h2-11,14-15H,12-13H2,1H3. The van der Waals surface area contributed by atoms with E-state index in [1.807, 2.05) is 43.3 Å². The summed E-state index contributed by atoms with van der Waals surface area (Å²) in [6.45, 7) is 2.83. The molecule has 4 heterocycles. The first-order valence-corrected chi connectivity index (χ1v) is 12.1. The number of pyridine rings is 1. The van der Waals surface area contributed by atoms with E-state index in [2.05, 4.69) is 9.97 Å². The Morgan fingerprint density at radius 2 is 1.82 bits per heavy atom. The molecule has 168 valence electrons. The summed E-state index contributed by atoms with van der Waals surface area (Å²) >= 11 is 7.61. The molecule has 2 aliphatic heterocycles. The number of aromatic nitrogens is 2. The third-order valence-electron chi connectivity index (χ3n) is 6.51. The Morgan fingerprint density at radius 3 is 2.59 bits per heavy atom. The molecule has 34 heavy (non-hydrogen) atoms. The second-order valence-electron chi connectivity index (χ2n) is 8.42. The largest absolute Gasteiger partial charge is 0.306 e. The van der Waals surface area contributed by atoms with Crippen molar-refractivity contribution in [3.8, 4) is 10.6 Å². The van der Waals surface area contributed by atoms with Crippen molar-refractivity contribution in [3.05, 3.63) is 105 Å². The zero-order valence-electron chi connectivity index (χ0n) is 18.2. The van der Waals surface area contributed by atoms with Crippen LogP contribution in [0.5, 0.6) is 0 Å². The molecule has 1 saturated heterocycles. The van der Waals surface area contributed by atoms with Gasteiger partial charge in [0.2, 0.25) is 0 Å². The number of rotatable bonds is 3. The number of benzene rings is 2. The first kappa shape index (κ1) is 21.0. The minimum absolute atomic E-state index is 0.110. The van der Waals surface area contributed by atoms with Gasteiger partial charge >= 0.3 is 0 Å². The molecule has 2 aromatic carbocycles. The molecule has 0 aliphatic carbocycles. The fourth-order valence-corrected chi connectivity index (χ4v) is 5.88. The van der Waals surface area contributed by atoms with Crippen molar-refractivity contribution >= 4 is 34.8 Å². The molecule has 0 spiro atoms. The van der Waals surface area contributed by atoms with Gasteiger partial charge in [-0.2, -0.15) is 0 Å². The van der Waals surface area contributed by atoms with Crippen LogP contribution < -0.4 is 0 Å². The van der Waals surface area contributed by atoms with Gasteiger partial charge < -0.3 is 9.80 Å². The highest BCUT2D eigenvalue weighted by Gasteiger charge is 2.60. The van der Waals surface area contributed by atoms with Crippen molar-refractivity contribution in [2.24, 2.45) is 0 Å². The van der Waals surface area contributed by atoms with Crippen molar-refractivity contribution in [2.45, 2.75) is 12.6 Å². The van der Waals surface area contributed by atoms with Crippen LogP contribution in [-0.4, -0.2) is 44.7 Å². The molecule has 6 nitrogen and oxygen atoms in total. The van der Waals surface area contributed by atoms with E-state index in [9.17, 15) is 9.59 Å². The molecule has 2 aliphatic rings. The van der Waals surface area contributed by atoms with Crippen molar-refractivity contribution < 1.29 is 9.59 Å². The van der Waals surface area contributed by atoms with Crippen molar-refractivity contribution in [2.75, 3.05) is 13.1 Å². The number of nitrogens with zero attached hydrogens (tertiary/aromatic N) is 4. The number of aryl methyl sites for hydroxylation is 1. The lowest BCUT2D eigenvalue weighted by Gasteiger charge is -2.40. The van der Waals surface area contributed by atoms with Gasteiger partial charge in [0.25, 0.3) is 11.8 Å². The highest BCUT2D eigenvalue weighted by atomic mass is 35.5. The van der Waals surface area contributed by atoms with E-state index in [4.69, 9.17) is 11.6 Å². The Balaban J connectivity index is 1.48. The molecule has 6 rings (SSSR count). The minimum Gasteiger partial charge on any atom is -0.306 e. The molecular weight excluding hydrogens is 468 g/mol. The van der Waals surface area contributed by atoms with Crippen LogP contribution in [0.25, 0.3) is 10.6 Å². The lowest BCUT2D eigenvalue weighted by Crippen LogP contribution is -2.51. The topological polar surface area (TPSA) is 66.4 Å². The molecule has 4 aromatic rings. The van der Waals surface area contributed by atoms with Gasteiger partial charge in [0, 0.05) is 52.6 Å². The highest BCUT2D eigenvalue weighted by molar-refractivity contribution is 7.13. The molecule has 0 N–H and O–H groups in total. The molecule has 2 amide bonds. The first-order valence-electron chi connectivity index (χ1n) is 10.9. The summed E-state index contributed by atoms with van der Waals surface area (Å²) in [6.07, 6.45) is 3.29. The molecular formula is C26H19ClN4O2S. The lowest BCUT2D eigenvalue weighted by atomic mass is 9.91. The highest BCUT2D eigenvalue weighted by Crippen LogP contribution is 2.50. The number of hydrogen-bond acceptors (Lipinski definition) is 5. The maximum atomic E-state index is 13.9. The van der Waals surface area contributed by atoms with Gasteiger partial charge in [-0.1, -0.05) is 53.6 Å². The van der Waals surface area contributed by atoms with Crippen molar-refractivity contribution in [1.82, 2.24) is 19.8 Å². The molecule has 2 aromatic heterocycles. The molecule has 1 unspecified atom stereocenters. The van der Waals surface area contributed by atoms with Crippen LogP contribution in [0.1, 0.15) is 37.5 Å². The second kappa shape index (κ2) is 7.75. The normalized spacial score (nSPS) is 18.8. The molecule has 0 bridgehead atoms. The Morgan fingerprint density at radius 1 is 1.06 bits per heavy atom. The molecule has 1 fully saturated rings. The fraction of sp³-hybridized carbons (Fsp3) is 0.154. The Hall–Kier alpha value is -3.55. The summed E-state index contributed by atoms with van der Waals surface area (Å²) in [6, 6.07) is 17.1. The quantitative estimate of drug-likeness (QED) is 0.409. The zero-order valence-corrected chi connectivity index (χ0v) is 19.8. The van der Waals surface area contributed by atoms with E-state index in [1.165, 1.54) is 11.3 Å². The fourth-order valence-electron chi connectivity index (χ4n) is 4.95. The third-order valence-corrected chi connectivity index (χ3v) is 7.66. The number of hydrogen-bond donors (Lipinski definition) is 0. The summed E-state index contributed by atoms with van der Waals surface area (Å²) < 4.78 is 0. The van der Waals surface area contributed by atoms with Crippen LogP contribution in [0.15, 0.2) is 72.4 Å². The summed E-state index contributed by atoms with van der Waals surface area (Å²) in [4.78, 5) is 39.8. The molecule has 0 saturated carbocycles. The Kier molecular flexibility index (Phi) is 4.79. The van der Waals surface area contributed by atoms with Crippen LogP contribution >= 0.6 is 22.9 Å². The number of halogens is 1. The van der Waals surface area contributed by atoms with Crippen molar-refractivity contribution in [3.63, 3.8) is 0 Å². The zero-order chi connectivity index (χ0) is 23.4. The molecule has 0 radical (unpaired) electrons. The minimum atomic E-state index is -1.09. The maximum Gasteiger partial charge on any atom is 0.275 e. The van der Waals surface area contributed by atoms with Gasteiger partial charge in [0.05, 0.1) is 5.56 Å². The third kappa shape index (κ3) is 2.94. The smallest absolute Gasteiger partial charge is 0.275 e. The van der Waals surface area contributed by atoms with Crippen LogP contribution in [0.4, 0.5) is 0 Å². The maximum absolute atomic E-state index is 13.9. The van der Waals surface area contributed by atoms with Crippen LogP contribution in [0.2, 0.25) is 5.02 Å². The monoisotopic (exact) mass is 486 g/mol. The molecule has 1 atom stereocenters. The van der Waals surface area contributed by atoms with Crippen LogP contribution in [0, 0.1) is 6.92 Å². The number of thiazole rings is 1. The SMILES string of the molecule is Cc1ccc(-c2nc(C(=O)N3CCN4C(=O)c5ccncc5C34c3ccc(Cl)cc3)cs2)cc1. The summed E-state index contributed by atoms with van der Waals surface area (Å²) in [5.74, 6) is -0.335. The second-order valence-corrected chi connectivity index (χ2v) is 9.71. The summed E-state index contributed by atoms with van der Waals surface area (Å²) in [5, 5.41) is 3.15. The predicted octanol–water partition coefficient (Wildman–Crippen LogP) is 4.98. The number of amides is 2. The number of carbonyl (C=O) groups is 2. The molecule has 8 heteroatoms. The van der Waals surface area contributed by atoms with Crippen LogP contribution in [-0.2, 0) is 5.66 Å². The number of fused-ring (bicyclic) bond motifs is 3. The van der Waals surface area contributed by atoms with E-state index in [-0.39, 0.29) is 11.8 Å². The predicted molar refractivity (Wildman–Crippen MR) is 131 cm³/mol. The van der Waals surface area contributed by atoms with Gasteiger partial charge in [-0.3, -0.25) is 14.6 Å². The Bertz CT molecular complexity index is 1430. The summed E-state index contributed by atoms with van der Waals surface area (Å²) in [7, 11) is 0. The van der Waals surface area contributed by atoms with E-state index < -0.39 is 5.66 Å². The lowest BCUT2D eigenvalue weighted by molar-refractivity contribution is 0.0371. The van der Waals surface area contributed by atoms with Gasteiger partial charge in [0.1, 0.15) is 10.7 Å². The first-order chi connectivity index (χ1) is 16.5.